The zero-order chi connectivity index (χ0) is 20.8. The van der Waals surface area contributed by atoms with Crippen LogP contribution in [-0.2, 0) is 16.1 Å². The predicted molar refractivity (Wildman–Crippen MR) is 110 cm³/mol. The van der Waals surface area contributed by atoms with Crippen LogP contribution in [-0.4, -0.2) is 51.9 Å². The summed E-state index contributed by atoms with van der Waals surface area (Å²) in [5, 5.41) is 2.84. The highest BCUT2D eigenvalue weighted by Crippen LogP contribution is 2.27. The van der Waals surface area contributed by atoms with Crippen LogP contribution in [0.15, 0.2) is 12.1 Å². The molecule has 8 heteroatoms. The van der Waals surface area contributed by atoms with Crippen LogP contribution in [0.2, 0.25) is 0 Å². The number of hydrogen-bond donors (Lipinski definition) is 1. The average molecular weight is 405 g/mol. The van der Waals surface area contributed by atoms with E-state index in [0.29, 0.717) is 25.1 Å². The Morgan fingerprint density at radius 3 is 2.59 bits per heavy atom. The Labute approximate surface area is 171 Å². The zero-order valence-electron chi connectivity index (χ0n) is 17.8. The number of fused-ring (bicyclic) bond motifs is 1. The zero-order valence-corrected chi connectivity index (χ0v) is 17.8. The Morgan fingerprint density at radius 2 is 1.93 bits per heavy atom. The van der Waals surface area contributed by atoms with Gasteiger partial charge < -0.3 is 19.5 Å². The molecule has 0 aromatic carbocycles. The van der Waals surface area contributed by atoms with Crippen LogP contribution in [0.25, 0.3) is 11.2 Å². The summed E-state index contributed by atoms with van der Waals surface area (Å²) >= 11 is 0. The molecule has 1 saturated carbocycles. The average Bonchev–Trinajstić information content (AvgIpc) is 3.03. The third kappa shape index (κ3) is 5.59. The van der Waals surface area contributed by atoms with Crippen molar-refractivity contribution in [3.05, 3.63) is 12.1 Å². The second kappa shape index (κ2) is 9.91. The van der Waals surface area contributed by atoms with Crippen LogP contribution in [0.4, 0.5) is 0 Å². The van der Waals surface area contributed by atoms with Crippen LogP contribution in [0.1, 0.15) is 53.4 Å². The number of carbonyl (C=O) groups excluding carboxylic acids is 1. The van der Waals surface area contributed by atoms with E-state index in [-0.39, 0.29) is 24.2 Å². The first-order valence-corrected chi connectivity index (χ1v) is 10.6. The van der Waals surface area contributed by atoms with Gasteiger partial charge in [0.25, 0.3) is 6.01 Å². The summed E-state index contributed by atoms with van der Waals surface area (Å²) < 4.78 is 19.7. The van der Waals surface area contributed by atoms with Gasteiger partial charge in [-0.2, -0.15) is 9.97 Å². The molecular formula is C21H32N4O4. The summed E-state index contributed by atoms with van der Waals surface area (Å²) in [4.78, 5) is 20.3. The third-order valence-electron chi connectivity index (χ3n) is 5.06. The van der Waals surface area contributed by atoms with Crippen molar-refractivity contribution in [1.82, 2.24) is 19.9 Å². The van der Waals surface area contributed by atoms with Crippen molar-refractivity contribution in [2.24, 2.45) is 0 Å². The Bertz CT molecular complexity index is 814. The fraction of sp³-hybridized carbons (Fsp3) is 0.667. The van der Waals surface area contributed by atoms with E-state index in [4.69, 9.17) is 14.2 Å². The quantitative estimate of drug-likeness (QED) is 0.691. The van der Waals surface area contributed by atoms with Gasteiger partial charge in [-0.3, -0.25) is 9.36 Å². The summed E-state index contributed by atoms with van der Waals surface area (Å²) in [7, 11) is 0. The van der Waals surface area contributed by atoms with E-state index in [1.807, 2.05) is 37.5 Å². The summed E-state index contributed by atoms with van der Waals surface area (Å²) in [6.07, 6.45) is 4.10. The number of rotatable bonds is 9. The van der Waals surface area contributed by atoms with Crippen molar-refractivity contribution in [3.8, 4) is 11.9 Å². The number of ether oxygens (including phenoxy) is 3. The van der Waals surface area contributed by atoms with Crippen molar-refractivity contribution in [1.29, 1.82) is 0 Å². The fourth-order valence-corrected chi connectivity index (χ4v) is 3.71. The van der Waals surface area contributed by atoms with Crippen LogP contribution < -0.4 is 14.8 Å². The minimum Gasteiger partial charge on any atom is -0.474 e. The van der Waals surface area contributed by atoms with E-state index in [2.05, 4.69) is 15.3 Å². The smallest absolute Gasteiger partial charge is 0.298 e. The van der Waals surface area contributed by atoms with E-state index in [9.17, 15) is 4.79 Å². The lowest BCUT2D eigenvalue weighted by Crippen LogP contribution is -2.36. The molecule has 8 nitrogen and oxygen atoms in total. The molecule has 0 spiro atoms. The molecule has 1 aliphatic carbocycles. The number of aryl methyl sites for hydroxylation is 1. The molecule has 1 N–H and O–H groups in total. The van der Waals surface area contributed by atoms with Gasteiger partial charge >= 0.3 is 0 Å². The van der Waals surface area contributed by atoms with Gasteiger partial charge in [0.15, 0.2) is 5.65 Å². The van der Waals surface area contributed by atoms with Gasteiger partial charge in [-0.25, -0.2) is 0 Å². The molecule has 29 heavy (non-hydrogen) atoms. The topological polar surface area (TPSA) is 87.5 Å². The summed E-state index contributed by atoms with van der Waals surface area (Å²) in [6.45, 7) is 9.32. The first-order valence-electron chi connectivity index (χ1n) is 10.6. The van der Waals surface area contributed by atoms with Crippen molar-refractivity contribution in [2.75, 3.05) is 13.2 Å². The van der Waals surface area contributed by atoms with Crippen molar-refractivity contribution in [2.45, 2.75) is 78.2 Å². The van der Waals surface area contributed by atoms with Crippen LogP contribution in [0.3, 0.4) is 0 Å². The lowest BCUT2D eigenvalue weighted by Gasteiger charge is -2.29. The highest BCUT2D eigenvalue weighted by Gasteiger charge is 2.24. The molecule has 3 rings (SSSR count). The predicted octanol–water partition coefficient (Wildman–Crippen LogP) is 3.08. The summed E-state index contributed by atoms with van der Waals surface area (Å²) in [5.74, 6) is 0.597. The molecular weight excluding hydrogens is 372 g/mol. The number of pyridine rings is 1. The van der Waals surface area contributed by atoms with Gasteiger partial charge in [-0.15, -0.1) is 0 Å². The first kappa shape index (κ1) is 21.4. The normalized spacial score (nSPS) is 20.4. The van der Waals surface area contributed by atoms with Crippen molar-refractivity contribution < 1.29 is 19.0 Å². The molecule has 0 unspecified atom stereocenters. The Morgan fingerprint density at radius 1 is 1.21 bits per heavy atom. The number of carbonyl (C=O) groups is 1. The van der Waals surface area contributed by atoms with Crippen LogP contribution in [0, 0.1) is 0 Å². The van der Waals surface area contributed by atoms with Gasteiger partial charge in [0.05, 0.1) is 19.3 Å². The number of amides is 1. The fourth-order valence-electron chi connectivity index (χ4n) is 3.71. The lowest BCUT2D eigenvalue weighted by atomic mass is 9.95. The Kier molecular flexibility index (Phi) is 7.30. The molecule has 2 aromatic heterocycles. The maximum atomic E-state index is 11.1. The highest BCUT2D eigenvalue weighted by atomic mass is 16.5. The van der Waals surface area contributed by atoms with E-state index in [0.717, 1.165) is 43.4 Å². The molecule has 1 aliphatic rings. The van der Waals surface area contributed by atoms with Gasteiger partial charge in [0.2, 0.25) is 11.8 Å². The van der Waals surface area contributed by atoms with Crippen molar-refractivity contribution >= 4 is 17.1 Å². The van der Waals surface area contributed by atoms with Crippen LogP contribution >= 0.6 is 0 Å². The maximum absolute atomic E-state index is 11.1. The summed E-state index contributed by atoms with van der Waals surface area (Å²) in [6, 6.07) is 4.44. The lowest BCUT2D eigenvalue weighted by molar-refractivity contribution is -0.120. The molecule has 0 radical (unpaired) electrons. The number of nitrogens with zero attached hydrogens (tertiary/aromatic N) is 3. The van der Waals surface area contributed by atoms with E-state index in [1.54, 1.807) is 0 Å². The molecule has 0 bridgehead atoms. The van der Waals surface area contributed by atoms with Crippen molar-refractivity contribution in [3.63, 3.8) is 0 Å². The van der Waals surface area contributed by atoms with E-state index in [1.165, 1.54) is 6.92 Å². The standard InChI is InChI=1S/C21H32N4O4/c1-5-25-20-18(23-21(25)27-6-2)11-12-19(24-20)29-17-9-7-16(8-10-17)28-13-14(3)22-15(4)26/h11-12,14,16-17H,5-10,13H2,1-4H3,(H,22,26)/t14-,16-,17-/m0/s1. The monoisotopic (exact) mass is 404 g/mol. The van der Waals surface area contributed by atoms with Crippen LogP contribution in [0.5, 0.6) is 11.9 Å². The molecule has 1 amide bonds. The molecule has 1 fully saturated rings. The second-order valence-electron chi connectivity index (χ2n) is 7.52. The maximum Gasteiger partial charge on any atom is 0.298 e. The third-order valence-corrected chi connectivity index (χ3v) is 5.06. The van der Waals surface area contributed by atoms with Gasteiger partial charge in [0, 0.05) is 25.6 Å². The van der Waals surface area contributed by atoms with Gasteiger partial charge in [0.1, 0.15) is 11.6 Å². The molecule has 2 aromatic rings. The second-order valence-corrected chi connectivity index (χ2v) is 7.52. The molecule has 0 aliphatic heterocycles. The number of aromatic nitrogens is 3. The minimum atomic E-state index is -0.0273. The minimum absolute atomic E-state index is 0.0273. The Hall–Kier alpha value is -2.35. The van der Waals surface area contributed by atoms with Gasteiger partial charge in [-0.05, 0) is 52.5 Å². The van der Waals surface area contributed by atoms with E-state index < -0.39 is 0 Å². The summed E-state index contributed by atoms with van der Waals surface area (Å²) in [5.41, 5.74) is 1.60. The van der Waals surface area contributed by atoms with E-state index >= 15 is 0 Å². The van der Waals surface area contributed by atoms with Gasteiger partial charge in [-0.1, -0.05) is 0 Å². The molecule has 2 heterocycles. The number of hydrogen-bond acceptors (Lipinski definition) is 6. The molecule has 160 valence electrons. The molecule has 0 saturated heterocycles. The largest absolute Gasteiger partial charge is 0.474 e. The SMILES string of the molecule is CCOc1nc2ccc(O[C@H]3CC[C@H](OC[C@H](C)NC(C)=O)CC3)nc2n1CC. The number of imidazole rings is 1. The Balaban J connectivity index is 1.53. The highest BCUT2D eigenvalue weighted by molar-refractivity contribution is 5.73. The molecule has 1 atom stereocenters. The number of nitrogens with one attached hydrogen (secondary N) is 1. The first-order chi connectivity index (χ1) is 14.0.